The van der Waals surface area contributed by atoms with Gasteiger partial charge in [-0.3, -0.25) is 9.52 Å². The Morgan fingerprint density at radius 1 is 1.00 bits per heavy atom. The summed E-state index contributed by atoms with van der Waals surface area (Å²) in [6.45, 7) is 2.54. The topological polar surface area (TPSA) is 66.5 Å². The molecule has 0 saturated carbocycles. The van der Waals surface area contributed by atoms with E-state index in [2.05, 4.69) is 4.72 Å². The number of hydrogen-bond donors (Lipinski definition) is 1. The highest BCUT2D eigenvalue weighted by Gasteiger charge is 2.21. The summed E-state index contributed by atoms with van der Waals surface area (Å²) in [5.41, 5.74) is 2.17. The van der Waals surface area contributed by atoms with Crippen molar-refractivity contribution < 1.29 is 13.2 Å². The van der Waals surface area contributed by atoms with Gasteiger partial charge >= 0.3 is 0 Å². The first-order valence-corrected chi connectivity index (χ1v) is 9.44. The van der Waals surface area contributed by atoms with Crippen LogP contribution < -0.4 is 9.62 Å². The lowest BCUT2D eigenvalue weighted by molar-refractivity contribution is -0.119. The van der Waals surface area contributed by atoms with Crippen LogP contribution in [0, 0.1) is 6.92 Å². The summed E-state index contributed by atoms with van der Waals surface area (Å²) >= 11 is 0. The van der Waals surface area contributed by atoms with Gasteiger partial charge in [0.05, 0.1) is 10.6 Å². The van der Waals surface area contributed by atoms with E-state index < -0.39 is 10.0 Å². The average molecular weight is 344 g/mol. The summed E-state index contributed by atoms with van der Waals surface area (Å²) in [7, 11) is -3.65. The third-order valence-corrected chi connectivity index (χ3v) is 5.55. The Kier molecular flexibility index (Phi) is 4.57. The number of carbonyl (C=O) groups excluding carboxylic acids is 1. The van der Waals surface area contributed by atoms with E-state index in [1.807, 2.05) is 19.1 Å². The van der Waals surface area contributed by atoms with Gasteiger partial charge in [-0.15, -0.1) is 0 Å². The first-order valence-electron chi connectivity index (χ1n) is 7.96. The molecular weight excluding hydrogens is 324 g/mol. The van der Waals surface area contributed by atoms with Crippen LogP contribution in [-0.4, -0.2) is 20.9 Å². The third-order valence-electron chi connectivity index (χ3n) is 4.17. The van der Waals surface area contributed by atoms with Crippen molar-refractivity contribution in [1.82, 2.24) is 0 Å². The molecule has 1 N–H and O–H groups in total. The first-order chi connectivity index (χ1) is 11.5. The summed E-state index contributed by atoms with van der Waals surface area (Å²) in [6.07, 6.45) is 2.44. The molecule has 0 spiro atoms. The van der Waals surface area contributed by atoms with Crippen LogP contribution in [0.3, 0.4) is 0 Å². The molecule has 6 heteroatoms. The Bertz CT molecular complexity index is 845. The smallest absolute Gasteiger partial charge is 0.261 e. The van der Waals surface area contributed by atoms with Crippen LogP contribution in [-0.2, 0) is 14.8 Å². The Balaban J connectivity index is 1.82. The first kappa shape index (κ1) is 16.5. The number of rotatable bonds is 4. The molecule has 0 unspecified atom stereocenters. The normalized spacial score (nSPS) is 15.4. The maximum absolute atomic E-state index is 12.5. The second kappa shape index (κ2) is 6.65. The van der Waals surface area contributed by atoms with Gasteiger partial charge in [0, 0.05) is 18.7 Å². The van der Waals surface area contributed by atoms with E-state index in [1.165, 1.54) is 12.1 Å². The second-order valence-corrected chi connectivity index (χ2v) is 7.60. The van der Waals surface area contributed by atoms with Gasteiger partial charge in [0.2, 0.25) is 5.91 Å². The molecule has 0 aromatic heterocycles. The molecule has 1 aliphatic heterocycles. The molecule has 2 aromatic carbocycles. The van der Waals surface area contributed by atoms with E-state index in [0.717, 1.165) is 24.1 Å². The molecule has 0 radical (unpaired) electrons. The Labute approximate surface area is 142 Å². The van der Waals surface area contributed by atoms with Gasteiger partial charge in [-0.2, -0.15) is 0 Å². The van der Waals surface area contributed by atoms with Gasteiger partial charge in [-0.05, 0) is 55.7 Å². The number of nitrogens with zero attached hydrogens (tertiary/aromatic N) is 1. The van der Waals surface area contributed by atoms with Crippen LogP contribution in [0.4, 0.5) is 11.4 Å². The third kappa shape index (κ3) is 3.43. The molecule has 0 atom stereocenters. The minimum atomic E-state index is -3.65. The largest absolute Gasteiger partial charge is 0.312 e. The molecule has 3 rings (SSSR count). The molecule has 1 saturated heterocycles. The maximum atomic E-state index is 12.5. The van der Waals surface area contributed by atoms with E-state index in [9.17, 15) is 13.2 Å². The number of benzene rings is 2. The predicted molar refractivity (Wildman–Crippen MR) is 94.6 cm³/mol. The number of sulfonamides is 1. The maximum Gasteiger partial charge on any atom is 0.261 e. The number of para-hydroxylation sites is 1. The van der Waals surface area contributed by atoms with Gasteiger partial charge in [0.25, 0.3) is 10.0 Å². The fourth-order valence-corrected chi connectivity index (χ4v) is 3.91. The SMILES string of the molecule is Cc1ccccc1NS(=O)(=O)c1ccc(N2CCCCC2=O)cc1. The average Bonchev–Trinajstić information content (AvgIpc) is 2.57. The van der Waals surface area contributed by atoms with Crippen molar-refractivity contribution in [3.05, 3.63) is 54.1 Å². The number of hydrogen-bond acceptors (Lipinski definition) is 3. The van der Waals surface area contributed by atoms with Crippen molar-refractivity contribution in [3.8, 4) is 0 Å². The Morgan fingerprint density at radius 3 is 2.38 bits per heavy atom. The van der Waals surface area contributed by atoms with Crippen molar-refractivity contribution in [2.45, 2.75) is 31.1 Å². The van der Waals surface area contributed by atoms with Crippen LogP contribution in [0.25, 0.3) is 0 Å². The van der Waals surface area contributed by atoms with Crippen molar-refractivity contribution in [3.63, 3.8) is 0 Å². The second-order valence-electron chi connectivity index (χ2n) is 5.92. The van der Waals surface area contributed by atoms with E-state index in [4.69, 9.17) is 0 Å². The van der Waals surface area contributed by atoms with Gasteiger partial charge in [-0.25, -0.2) is 8.42 Å². The van der Waals surface area contributed by atoms with Gasteiger partial charge < -0.3 is 4.90 Å². The number of aryl methyl sites for hydroxylation is 1. The van der Waals surface area contributed by atoms with Gasteiger partial charge in [0.1, 0.15) is 0 Å². The van der Waals surface area contributed by atoms with Crippen molar-refractivity contribution in [2.75, 3.05) is 16.2 Å². The van der Waals surface area contributed by atoms with E-state index >= 15 is 0 Å². The van der Waals surface area contributed by atoms with Crippen LogP contribution in [0.2, 0.25) is 0 Å². The molecule has 5 nitrogen and oxygen atoms in total. The molecule has 0 aliphatic carbocycles. The molecular formula is C18H20N2O3S. The highest BCUT2D eigenvalue weighted by Crippen LogP contribution is 2.24. The number of anilines is 2. The lowest BCUT2D eigenvalue weighted by Gasteiger charge is -2.26. The quantitative estimate of drug-likeness (QED) is 0.925. The number of piperidine rings is 1. The van der Waals surface area contributed by atoms with Crippen LogP contribution in [0.5, 0.6) is 0 Å². The lowest BCUT2D eigenvalue weighted by Crippen LogP contribution is -2.35. The van der Waals surface area contributed by atoms with E-state index in [1.54, 1.807) is 29.2 Å². The minimum absolute atomic E-state index is 0.0925. The number of amides is 1. The molecule has 1 amide bonds. The van der Waals surface area contributed by atoms with Crippen molar-refractivity contribution >= 4 is 27.3 Å². The molecule has 2 aromatic rings. The molecule has 1 heterocycles. The summed E-state index contributed by atoms with van der Waals surface area (Å²) < 4.78 is 27.6. The number of nitrogens with one attached hydrogen (secondary N) is 1. The highest BCUT2D eigenvalue weighted by atomic mass is 32.2. The van der Waals surface area contributed by atoms with Crippen LogP contribution in [0.1, 0.15) is 24.8 Å². The van der Waals surface area contributed by atoms with Crippen LogP contribution in [0.15, 0.2) is 53.4 Å². The molecule has 1 fully saturated rings. The van der Waals surface area contributed by atoms with Gasteiger partial charge in [0.15, 0.2) is 0 Å². The highest BCUT2D eigenvalue weighted by molar-refractivity contribution is 7.92. The molecule has 1 aliphatic rings. The summed E-state index contributed by atoms with van der Waals surface area (Å²) in [5, 5.41) is 0. The monoisotopic (exact) mass is 344 g/mol. The van der Waals surface area contributed by atoms with Gasteiger partial charge in [-0.1, -0.05) is 18.2 Å². The fourth-order valence-electron chi connectivity index (χ4n) is 2.78. The molecule has 24 heavy (non-hydrogen) atoms. The zero-order chi connectivity index (χ0) is 17.2. The summed E-state index contributed by atoms with van der Waals surface area (Å²) in [6, 6.07) is 13.7. The standard InChI is InChI=1S/C18H20N2O3S/c1-14-6-2-3-7-17(14)19-24(22,23)16-11-9-15(10-12-16)20-13-5-4-8-18(20)21/h2-3,6-7,9-12,19H,4-5,8,13H2,1H3. The Morgan fingerprint density at radius 2 is 1.71 bits per heavy atom. The number of carbonyl (C=O) groups is 1. The summed E-state index contributed by atoms with van der Waals surface area (Å²) in [5.74, 6) is 0.0925. The van der Waals surface area contributed by atoms with E-state index in [-0.39, 0.29) is 10.8 Å². The minimum Gasteiger partial charge on any atom is -0.312 e. The predicted octanol–water partition coefficient (Wildman–Crippen LogP) is 3.31. The summed E-state index contributed by atoms with van der Waals surface area (Å²) in [4.78, 5) is 13.8. The molecule has 126 valence electrons. The lowest BCUT2D eigenvalue weighted by atomic mass is 10.1. The van der Waals surface area contributed by atoms with Crippen LogP contribution >= 0.6 is 0 Å². The van der Waals surface area contributed by atoms with Crippen molar-refractivity contribution in [1.29, 1.82) is 0 Å². The zero-order valence-electron chi connectivity index (χ0n) is 13.5. The van der Waals surface area contributed by atoms with E-state index in [0.29, 0.717) is 18.7 Å². The Hall–Kier alpha value is -2.34. The van der Waals surface area contributed by atoms with Crippen molar-refractivity contribution in [2.24, 2.45) is 0 Å². The molecule has 0 bridgehead atoms. The fraction of sp³-hybridized carbons (Fsp3) is 0.278. The zero-order valence-corrected chi connectivity index (χ0v) is 14.3.